The Balaban J connectivity index is 2.13. The van der Waals surface area contributed by atoms with Crippen LogP contribution in [0.25, 0.3) is 0 Å². The van der Waals surface area contributed by atoms with Crippen LogP contribution in [0.4, 0.5) is 5.82 Å². The smallest absolute Gasteiger partial charge is 0.274 e. The summed E-state index contributed by atoms with van der Waals surface area (Å²) in [4.78, 5) is 19.8. The van der Waals surface area contributed by atoms with Gasteiger partial charge in [0.15, 0.2) is 11.5 Å². The zero-order valence-corrected chi connectivity index (χ0v) is 11.1. The SMILES string of the molecule is C[C@@H](NC(=O)c1nccnc1N)c1cccc(Cl)c1. The molecule has 0 radical (unpaired) electrons. The molecule has 1 aromatic heterocycles. The van der Waals surface area contributed by atoms with E-state index in [1.165, 1.54) is 12.4 Å². The minimum atomic E-state index is -0.363. The number of nitrogen functional groups attached to an aromatic ring is 1. The van der Waals surface area contributed by atoms with Gasteiger partial charge in [-0.1, -0.05) is 23.7 Å². The van der Waals surface area contributed by atoms with E-state index in [-0.39, 0.29) is 23.5 Å². The van der Waals surface area contributed by atoms with Crippen molar-refractivity contribution < 1.29 is 4.79 Å². The van der Waals surface area contributed by atoms with Gasteiger partial charge >= 0.3 is 0 Å². The van der Waals surface area contributed by atoms with Crippen molar-refractivity contribution in [2.75, 3.05) is 5.73 Å². The molecule has 1 atom stereocenters. The van der Waals surface area contributed by atoms with Crippen molar-refractivity contribution in [1.29, 1.82) is 0 Å². The predicted molar refractivity (Wildman–Crippen MR) is 73.8 cm³/mol. The van der Waals surface area contributed by atoms with Crippen molar-refractivity contribution in [2.24, 2.45) is 0 Å². The lowest BCUT2D eigenvalue weighted by molar-refractivity contribution is 0.0935. The zero-order valence-electron chi connectivity index (χ0n) is 10.3. The van der Waals surface area contributed by atoms with Crippen molar-refractivity contribution >= 4 is 23.3 Å². The first kappa shape index (κ1) is 13.3. The molecule has 1 heterocycles. The number of benzene rings is 1. The molecule has 0 bridgehead atoms. The van der Waals surface area contributed by atoms with Crippen LogP contribution in [0.5, 0.6) is 0 Å². The topological polar surface area (TPSA) is 80.9 Å². The molecular formula is C13H13ClN4O. The van der Waals surface area contributed by atoms with E-state index in [4.69, 9.17) is 17.3 Å². The van der Waals surface area contributed by atoms with Gasteiger partial charge < -0.3 is 11.1 Å². The Morgan fingerprint density at radius 2 is 2.11 bits per heavy atom. The number of nitrogens with zero attached hydrogens (tertiary/aromatic N) is 2. The van der Waals surface area contributed by atoms with E-state index in [0.717, 1.165) is 5.56 Å². The van der Waals surface area contributed by atoms with Crippen LogP contribution in [-0.4, -0.2) is 15.9 Å². The molecule has 2 aromatic rings. The first-order valence-electron chi connectivity index (χ1n) is 5.70. The average Bonchev–Trinajstić information content (AvgIpc) is 2.39. The van der Waals surface area contributed by atoms with Gasteiger partial charge in [-0.3, -0.25) is 4.79 Å². The summed E-state index contributed by atoms with van der Waals surface area (Å²) in [5, 5.41) is 3.42. The highest BCUT2D eigenvalue weighted by atomic mass is 35.5. The molecule has 0 saturated carbocycles. The fourth-order valence-electron chi connectivity index (χ4n) is 1.65. The third-order valence-corrected chi connectivity index (χ3v) is 2.87. The molecule has 0 aliphatic carbocycles. The maximum Gasteiger partial charge on any atom is 0.274 e. The molecule has 1 aromatic carbocycles. The first-order valence-corrected chi connectivity index (χ1v) is 6.08. The fraction of sp³-hybridized carbons (Fsp3) is 0.154. The number of hydrogen-bond acceptors (Lipinski definition) is 4. The van der Waals surface area contributed by atoms with Gasteiger partial charge in [0.25, 0.3) is 5.91 Å². The summed E-state index contributed by atoms with van der Waals surface area (Å²) >= 11 is 5.91. The highest BCUT2D eigenvalue weighted by molar-refractivity contribution is 6.30. The second-order valence-electron chi connectivity index (χ2n) is 4.04. The summed E-state index contributed by atoms with van der Waals surface area (Å²) in [6, 6.07) is 7.09. The lowest BCUT2D eigenvalue weighted by Crippen LogP contribution is -2.28. The monoisotopic (exact) mass is 276 g/mol. The molecule has 0 spiro atoms. The highest BCUT2D eigenvalue weighted by Gasteiger charge is 2.15. The van der Waals surface area contributed by atoms with Gasteiger partial charge in [0.1, 0.15) is 0 Å². The molecule has 0 unspecified atom stereocenters. The van der Waals surface area contributed by atoms with Crippen LogP contribution in [0, 0.1) is 0 Å². The normalized spacial score (nSPS) is 11.9. The summed E-state index contributed by atoms with van der Waals surface area (Å²) in [5.41, 5.74) is 6.63. The third-order valence-electron chi connectivity index (χ3n) is 2.64. The molecule has 0 fully saturated rings. The number of nitrogens with two attached hydrogens (primary N) is 1. The number of carbonyl (C=O) groups excluding carboxylic acids is 1. The number of aromatic nitrogens is 2. The Hall–Kier alpha value is -2.14. The molecule has 0 aliphatic heterocycles. The van der Waals surface area contributed by atoms with Crippen LogP contribution in [-0.2, 0) is 0 Å². The number of nitrogens with one attached hydrogen (secondary N) is 1. The zero-order chi connectivity index (χ0) is 13.8. The van der Waals surface area contributed by atoms with Crippen LogP contribution in [0.1, 0.15) is 29.0 Å². The lowest BCUT2D eigenvalue weighted by atomic mass is 10.1. The molecule has 0 aliphatic rings. The van der Waals surface area contributed by atoms with Gasteiger partial charge in [0.05, 0.1) is 6.04 Å². The number of hydrogen-bond donors (Lipinski definition) is 2. The van der Waals surface area contributed by atoms with Crippen molar-refractivity contribution in [2.45, 2.75) is 13.0 Å². The molecule has 98 valence electrons. The van der Waals surface area contributed by atoms with Crippen LogP contribution in [0.15, 0.2) is 36.7 Å². The number of halogens is 1. The van der Waals surface area contributed by atoms with Crippen molar-refractivity contribution in [1.82, 2.24) is 15.3 Å². The number of rotatable bonds is 3. The largest absolute Gasteiger partial charge is 0.382 e. The van der Waals surface area contributed by atoms with E-state index in [0.29, 0.717) is 5.02 Å². The van der Waals surface area contributed by atoms with E-state index in [1.54, 1.807) is 12.1 Å². The Labute approximate surface area is 115 Å². The number of anilines is 1. The fourth-order valence-corrected chi connectivity index (χ4v) is 1.85. The Kier molecular flexibility index (Phi) is 3.97. The molecule has 2 rings (SSSR count). The Morgan fingerprint density at radius 1 is 1.37 bits per heavy atom. The van der Waals surface area contributed by atoms with Crippen LogP contribution < -0.4 is 11.1 Å². The average molecular weight is 277 g/mol. The van der Waals surface area contributed by atoms with Crippen LogP contribution in [0.2, 0.25) is 5.02 Å². The minimum Gasteiger partial charge on any atom is -0.382 e. The van der Waals surface area contributed by atoms with Gasteiger partial charge in [-0.05, 0) is 24.6 Å². The Morgan fingerprint density at radius 3 is 2.79 bits per heavy atom. The van der Waals surface area contributed by atoms with Crippen molar-refractivity contribution in [3.05, 3.63) is 52.9 Å². The second-order valence-corrected chi connectivity index (χ2v) is 4.48. The summed E-state index contributed by atoms with van der Waals surface area (Å²) in [5.74, 6) is -0.253. The summed E-state index contributed by atoms with van der Waals surface area (Å²) in [6.45, 7) is 1.86. The standard InChI is InChI=1S/C13H13ClN4O/c1-8(9-3-2-4-10(14)7-9)18-13(19)11-12(15)17-6-5-16-11/h2-8H,1H3,(H2,15,17)(H,18,19)/t8-/m1/s1. The number of amides is 1. The van der Waals surface area contributed by atoms with Crippen LogP contribution in [0.3, 0.4) is 0 Å². The van der Waals surface area contributed by atoms with Gasteiger partial charge in [-0.25, -0.2) is 9.97 Å². The minimum absolute atomic E-state index is 0.110. The summed E-state index contributed by atoms with van der Waals surface area (Å²) in [7, 11) is 0. The van der Waals surface area contributed by atoms with Gasteiger partial charge in [-0.2, -0.15) is 0 Å². The van der Waals surface area contributed by atoms with Gasteiger partial charge in [-0.15, -0.1) is 0 Å². The molecule has 19 heavy (non-hydrogen) atoms. The molecule has 5 nitrogen and oxygen atoms in total. The molecule has 3 N–H and O–H groups in total. The molecule has 0 saturated heterocycles. The predicted octanol–water partition coefficient (Wildman–Crippen LogP) is 2.20. The van der Waals surface area contributed by atoms with E-state index in [2.05, 4.69) is 15.3 Å². The van der Waals surface area contributed by atoms with E-state index in [1.807, 2.05) is 19.1 Å². The molecule has 1 amide bonds. The summed E-state index contributed by atoms with van der Waals surface area (Å²) < 4.78 is 0. The van der Waals surface area contributed by atoms with E-state index >= 15 is 0 Å². The maximum absolute atomic E-state index is 12.0. The Bertz CT molecular complexity index is 603. The quantitative estimate of drug-likeness (QED) is 0.900. The number of carbonyl (C=O) groups is 1. The first-order chi connectivity index (χ1) is 9.08. The van der Waals surface area contributed by atoms with Gasteiger partial charge in [0.2, 0.25) is 0 Å². The maximum atomic E-state index is 12.0. The third kappa shape index (κ3) is 3.20. The second kappa shape index (κ2) is 5.67. The molecule has 6 heteroatoms. The van der Waals surface area contributed by atoms with E-state index < -0.39 is 0 Å². The van der Waals surface area contributed by atoms with Crippen molar-refractivity contribution in [3.8, 4) is 0 Å². The van der Waals surface area contributed by atoms with Crippen LogP contribution >= 0.6 is 11.6 Å². The highest BCUT2D eigenvalue weighted by Crippen LogP contribution is 2.18. The van der Waals surface area contributed by atoms with E-state index in [9.17, 15) is 4.79 Å². The van der Waals surface area contributed by atoms with Crippen molar-refractivity contribution in [3.63, 3.8) is 0 Å². The summed E-state index contributed by atoms with van der Waals surface area (Å²) in [6.07, 6.45) is 2.86. The van der Waals surface area contributed by atoms with Gasteiger partial charge in [0, 0.05) is 17.4 Å². The lowest BCUT2D eigenvalue weighted by Gasteiger charge is -2.14. The molecular weight excluding hydrogens is 264 g/mol.